The molecule has 0 amide bonds. The second kappa shape index (κ2) is 16.3. The van der Waals surface area contributed by atoms with Crippen LogP contribution in [0.1, 0.15) is 20.8 Å². The van der Waals surface area contributed by atoms with Crippen molar-refractivity contribution < 1.29 is 29.7 Å². The van der Waals surface area contributed by atoms with Gasteiger partial charge in [-0.3, -0.25) is 14.4 Å². The van der Waals surface area contributed by atoms with Gasteiger partial charge in [0.2, 0.25) is 0 Å². The molecule has 147 valence electrons. The molecule has 8 heteroatoms. The Hall–Kier alpha value is -1.94. The third kappa shape index (κ3) is 20.2. The summed E-state index contributed by atoms with van der Waals surface area (Å²) >= 11 is -1.89. The summed E-state index contributed by atoms with van der Waals surface area (Å²) in [5, 5.41) is 22.2. The van der Waals surface area contributed by atoms with Crippen molar-refractivity contribution in [3.05, 3.63) is 54.6 Å². The van der Waals surface area contributed by atoms with Gasteiger partial charge in [-0.25, -0.2) is 0 Å². The van der Waals surface area contributed by atoms with E-state index in [-0.39, 0.29) is 0 Å². The van der Waals surface area contributed by atoms with Gasteiger partial charge in [-0.15, -0.1) is 0 Å². The topological polar surface area (TPSA) is 112 Å². The van der Waals surface area contributed by atoms with Crippen LogP contribution < -0.4 is 3.12 Å². The van der Waals surface area contributed by atoms with Gasteiger partial charge in [0.15, 0.2) is 0 Å². The molecule has 27 heavy (non-hydrogen) atoms. The fourth-order valence-corrected chi connectivity index (χ4v) is 5.22. The van der Waals surface area contributed by atoms with Crippen LogP contribution in [0.15, 0.2) is 54.6 Å². The Morgan fingerprint density at radius 2 is 1.11 bits per heavy atom. The van der Waals surface area contributed by atoms with Gasteiger partial charge in [-0.05, 0) is 0 Å². The normalized spacial score (nSPS) is 8.67. The van der Waals surface area contributed by atoms with Crippen LogP contribution in [-0.2, 0) is 14.4 Å². The van der Waals surface area contributed by atoms with Crippen LogP contribution in [0.25, 0.3) is 11.1 Å². The first-order chi connectivity index (χ1) is 12.5. The van der Waals surface area contributed by atoms with Gasteiger partial charge < -0.3 is 15.3 Å². The van der Waals surface area contributed by atoms with E-state index in [4.69, 9.17) is 38.0 Å². The van der Waals surface area contributed by atoms with Crippen LogP contribution in [0, 0.1) is 0 Å². The van der Waals surface area contributed by atoms with Crippen molar-refractivity contribution in [1.82, 2.24) is 0 Å². The zero-order valence-electron chi connectivity index (χ0n) is 15.6. The van der Waals surface area contributed by atoms with E-state index in [1.54, 1.807) is 0 Å². The summed E-state index contributed by atoms with van der Waals surface area (Å²) in [6, 6.07) is 19.1. The number of benzene rings is 2. The van der Waals surface area contributed by atoms with E-state index in [0.717, 1.165) is 20.8 Å². The summed E-state index contributed by atoms with van der Waals surface area (Å²) in [6.07, 6.45) is 0. The van der Waals surface area contributed by atoms with E-state index < -0.39 is 39.4 Å². The maximum absolute atomic E-state index is 9.00. The summed E-state index contributed by atoms with van der Waals surface area (Å²) in [5.41, 5.74) is 2.54. The Kier molecular flexibility index (Phi) is 16.4. The van der Waals surface area contributed by atoms with Crippen LogP contribution in [0.5, 0.6) is 0 Å². The SMILES string of the molecule is CC(=O)O.CC(=O)O.CC(=O)O.[CH3][Pb]([Cl])[c]1cccc(-c2ccccc2)c1. The molecule has 0 saturated carbocycles. The molecule has 0 saturated heterocycles. The zero-order chi connectivity index (χ0) is 21.4. The molecule has 0 aliphatic carbocycles. The Labute approximate surface area is 171 Å². The number of hydrogen-bond donors (Lipinski definition) is 3. The summed E-state index contributed by atoms with van der Waals surface area (Å²) < 4.78 is 3.58. The molecule has 0 fully saturated rings. The number of halogens is 1. The molecule has 0 aromatic heterocycles. The van der Waals surface area contributed by atoms with E-state index in [9.17, 15) is 0 Å². The van der Waals surface area contributed by atoms with Crippen molar-refractivity contribution in [2.45, 2.75) is 25.3 Å². The van der Waals surface area contributed by atoms with Crippen LogP contribution in [0.4, 0.5) is 0 Å². The molecule has 0 bridgehead atoms. The van der Waals surface area contributed by atoms with Crippen molar-refractivity contribution >= 4 is 50.8 Å². The fourth-order valence-electron chi connectivity index (χ4n) is 1.54. The number of carbonyl (C=O) groups is 3. The monoisotopic (exact) mass is 591 g/mol. The Morgan fingerprint density at radius 1 is 0.741 bits per heavy atom. The first-order valence-electron chi connectivity index (χ1n) is 7.70. The van der Waals surface area contributed by atoms with Crippen LogP contribution in [-0.4, -0.2) is 54.7 Å². The predicted molar refractivity (Wildman–Crippen MR) is 109 cm³/mol. The number of rotatable bonds is 2. The third-order valence-corrected chi connectivity index (χ3v) is 8.58. The van der Waals surface area contributed by atoms with Crippen molar-refractivity contribution in [2.75, 3.05) is 0 Å². The Bertz CT molecular complexity index is 664. The molecule has 0 heterocycles. The molecule has 2 rings (SSSR count). The molecule has 1 radical (unpaired) electrons. The quantitative estimate of drug-likeness (QED) is 0.460. The van der Waals surface area contributed by atoms with Gasteiger partial charge in [-0.2, -0.15) is 0 Å². The van der Waals surface area contributed by atoms with Crippen molar-refractivity contribution in [1.29, 1.82) is 0 Å². The van der Waals surface area contributed by atoms with Crippen LogP contribution in [0.3, 0.4) is 0 Å². The third-order valence-electron chi connectivity index (χ3n) is 2.37. The molecule has 0 atom stereocenters. The maximum atomic E-state index is 9.00. The second-order valence-electron chi connectivity index (χ2n) is 5.04. The van der Waals surface area contributed by atoms with Crippen molar-refractivity contribution in [3.63, 3.8) is 0 Å². The predicted octanol–water partition coefficient (Wildman–Crippen LogP) is 3.69. The van der Waals surface area contributed by atoms with Crippen molar-refractivity contribution in [2.24, 2.45) is 0 Å². The molecular formula is C19H24ClO6Pb. The number of carboxylic acid groups (broad SMARTS) is 3. The van der Waals surface area contributed by atoms with Crippen molar-refractivity contribution in [3.8, 4) is 11.1 Å². The van der Waals surface area contributed by atoms with E-state index in [1.807, 2.05) is 6.07 Å². The molecule has 0 aliphatic rings. The molecule has 3 N–H and O–H groups in total. The average Bonchev–Trinajstić information content (AvgIpc) is 2.54. The number of carboxylic acids is 3. The molecule has 2 aromatic rings. The Balaban J connectivity index is 0. The Morgan fingerprint density at radius 3 is 1.48 bits per heavy atom. The number of aliphatic carboxylic acids is 3. The van der Waals surface area contributed by atoms with Gasteiger partial charge >= 0.3 is 103 Å². The molecular weight excluding hydrogens is 567 g/mol. The van der Waals surface area contributed by atoms with Gasteiger partial charge in [0, 0.05) is 20.8 Å². The van der Waals surface area contributed by atoms with Gasteiger partial charge in [0.1, 0.15) is 0 Å². The zero-order valence-corrected chi connectivity index (χ0v) is 20.3. The van der Waals surface area contributed by atoms with Gasteiger partial charge in [0.05, 0.1) is 0 Å². The number of hydrogen-bond acceptors (Lipinski definition) is 3. The fraction of sp³-hybridized carbons (Fsp3) is 0.211. The van der Waals surface area contributed by atoms with Gasteiger partial charge in [0.25, 0.3) is 17.9 Å². The van der Waals surface area contributed by atoms with Crippen LogP contribution in [0.2, 0.25) is 4.48 Å². The molecule has 0 spiro atoms. The first kappa shape index (κ1) is 27.3. The molecule has 0 aliphatic heterocycles. The minimum absolute atomic E-state index is 0.833. The van der Waals surface area contributed by atoms with E-state index >= 15 is 0 Å². The molecule has 2 aromatic carbocycles. The summed E-state index contributed by atoms with van der Waals surface area (Å²) in [5.74, 6) is -2.50. The average molecular weight is 591 g/mol. The van der Waals surface area contributed by atoms with Gasteiger partial charge in [-0.1, -0.05) is 0 Å². The van der Waals surface area contributed by atoms with E-state index in [0.29, 0.717) is 0 Å². The first-order valence-corrected chi connectivity index (χ1v) is 18.3. The molecule has 0 unspecified atom stereocenters. The van der Waals surface area contributed by atoms with E-state index in [1.165, 1.54) is 14.2 Å². The second-order valence-corrected chi connectivity index (χ2v) is 16.4. The summed E-state index contributed by atoms with van der Waals surface area (Å²) in [6.45, 7) is 3.25. The molecule has 6 nitrogen and oxygen atoms in total. The summed E-state index contributed by atoms with van der Waals surface area (Å²) in [4.78, 5) is 27.0. The standard InChI is InChI=1S/C12H9.3C2H4O2.CH3.ClH.Pb/c1-3-7-11(8-4-1)12-9-5-2-6-10-12;3*1-2(3)4;;;/h1-5,7-10H;3*1H3,(H,3,4);1H3;1H;/q;;;;;;+1/p-1. The minimum atomic E-state index is -1.89. The summed E-state index contributed by atoms with van der Waals surface area (Å²) in [7, 11) is 6.28. The van der Waals surface area contributed by atoms with Crippen LogP contribution >= 0.6 is 8.32 Å². The van der Waals surface area contributed by atoms with E-state index in [2.05, 4.69) is 53.0 Å².